The highest BCUT2D eigenvalue weighted by Crippen LogP contribution is 2.17. The smallest absolute Gasteiger partial charge is 0.337 e. The number of nitrogens with zero attached hydrogens (tertiary/aromatic N) is 3. The van der Waals surface area contributed by atoms with Crippen LogP contribution in [-0.4, -0.2) is 62.3 Å². The first-order valence-electron chi connectivity index (χ1n) is 6.76. The Balaban J connectivity index is 1.94. The maximum Gasteiger partial charge on any atom is 0.337 e. The van der Waals surface area contributed by atoms with Crippen molar-refractivity contribution in [3.8, 4) is 0 Å². The number of rotatable bonds is 5. The van der Waals surface area contributed by atoms with Crippen molar-refractivity contribution >= 4 is 11.9 Å². The third kappa shape index (κ3) is 3.76. The van der Waals surface area contributed by atoms with E-state index in [1.807, 2.05) is 0 Å². The van der Waals surface area contributed by atoms with E-state index in [1.54, 1.807) is 10.9 Å². The fraction of sp³-hybridized carbons (Fsp3) is 0.667. The lowest BCUT2D eigenvalue weighted by molar-refractivity contribution is -0.155. The number of carbonyl (C=O) groups is 2. The van der Waals surface area contributed by atoms with Gasteiger partial charge < -0.3 is 20.8 Å². The zero-order valence-corrected chi connectivity index (χ0v) is 11.7. The van der Waals surface area contributed by atoms with Crippen LogP contribution in [0.2, 0.25) is 0 Å². The van der Waals surface area contributed by atoms with E-state index in [9.17, 15) is 14.7 Å². The van der Waals surface area contributed by atoms with Crippen LogP contribution in [0.3, 0.4) is 0 Å². The van der Waals surface area contributed by atoms with Crippen LogP contribution in [0.4, 0.5) is 0 Å². The number of aliphatic carboxylic acids is 1. The van der Waals surface area contributed by atoms with Crippen LogP contribution in [0, 0.1) is 0 Å². The first kappa shape index (κ1) is 15.4. The predicted molar refractivity (Wildman–Crippen MR) is 71.8 cm³/mol. The highest BCUT2D eigenvalue weighted by Gasteiger charge is 2.30. The molecular weight excluding hydrogens is 278 g/mol. The third-order valence-electron chi connectivity index (χ3n) is 3.48. The molecule has 2 heterocycles. The van der Waals surface area contributed by atoms with E-state index in [2.05, 4.69) is 20.9 Å². The van der Waals surface area contributed by atoms with Crippen LogP contribution in [0.5, 0.6) is 0 Å². The largest absolute Gasteiger partial charge is 0.479 e. The molecule has 1 fully saturated rings. The minimum Gasteiger partial charge on any atom is -0.479 e. The summed E-state index contributed by atoms with van der Waals surface area (Å²) in [4.78, 5) is 22.6. The molecule has 9 heteroatoms. The van der Waals surface area contributed by atoms with Crippen molar-refractivity contribution in [3.05, 3.63) is 11.9 Å². The van der Waals surface area contributed by atoms with Crippen LogP contribution in [-0.2, 0) is 4.79 Å². The normalized spacial score (nSPS) is 19.0. The minimum absolute atomic E-state index is 0.106. The lowest BCUT2D eigenvalue weighted by Crippen LogP contribution is -2.46. The second-order valence-electron chi connectivity index (χ2n) is 5.33. The Kier molecular flexibility index (Phi) is 4.53. The molecule has 1 aliphatic heterocycles. The number of aromatic nitrogens is 3. The number of hydrogen-bond acceptors (Lipinski definition) is 6. The molecule has 0 saturated carbocycles. The highest BCUT2D eigenvalue weighted by atomic mass is 16.4. The van der Waals surface area contributed by atoms with Gasteiger partial charge in [-0.3, -0.25) is 4.79 Å². The number of carbonyl (C=O) groups excluding carboxylic acids is 1. The van der Waals surface area contributed by atoms with E-state index >= 15 is 0 Å². The van der Waals surface area contributed by atoms with Gasteiger partial charge in [-0.15, -0.1) is 5.10 Å². The third-order valence-corrected chi connectivity index (χ3v) is 3.48. The Morgan fingerprint density at radius 3 is 2.81 bits per heavy atom. The average Bonchev–Trinajstić information content (AvgIpc) is 2.95. The zero-order valence-electron chi connectivity index (χ0n) is 11.7. The predicted octanol–water partition coefficient (Wildman–Crippen LogP) is -1.23. The lowest BCUT2D eigenvalue weighted by Gasteiger charge is -2.22. The molecule has 1 atom stereocenters. The topological polar surface area (TPSA) is 129 Å². The fourth-order valence-electron chi connectivity index (χ4n) is 2.05. The SMILES string of the molecule is CC(O)(CNC(=O)c1cn(C2CCNCC2)nn1)C(=O)O. The molecule has 0 bridgehead atoms. The number of hydrogen-bond donors (Lipinski definition) is 4. The van der Waals surface area contributed by atoms with E-state index in [0.717, 1.165) is 32.9 Å². The zero-order chi connectivity index (χ0) is 15.5. The summed E-state index contributed by atoms with van der Waals surface area (Å²) in [5, 5.41) is 31.6. The van der Waals surface area contributed by atoms with E-state index in [-0.39, 0.29) is 11.7 Å². The summed E-state index contributed by atoms with van der Waals surface area (Å²) in [5.41, 5.74) is -1.91. The van der Waals surface area contributed by atoms with E-state index in [0.29, 0.717) is 0 Å². The Bertz CT molecular complexity index is 521. The molecule has 0 aromatic carbocycles. The Hall–Kier alpha value is -2.00. The van der Waals surface area contributed by atoms with Crippen molar-refractivity contribution in [2.24, 2.45) is 0 Å². The number of nitrogens with one attached hydrogen (secondary N) is 2. The molecule has 116 valence electrons. The number of aliphatic hydroxyl groups is 1. The molecule has 21 heavy (non-hydrogen) atoms. The second-order valence-corrected chi connectivity index (χ2v) is 5.33. The second kappa shape index (κ2) is 6.19. The average molecular weight is 297 g/mol. The Labute approximate surface area is 121 Å². The van der Waals surface area contributed by atoms with Crippen molar-refractivity contribution in [1.82, 2.24) is 25.6 Å². The van der Waals surface area contributed by atoms with Gasteiger partial charge in [-0.2, -0.15) is 0 Å². The molecule has 1 aromatic rings. The van der Waals surface area contributed by atoms with Gasteiger partial charge in [0, 0.05) is 0 Å². The van der Waals surface area contributed by atoms with Crippen molar-refractivity contribution in [3.63, 3.8) is 0 Å². The summed E-state index contributed by atoms with van der Waals surface area (Å²) in [6, 6.07) is 0.211. The molecule has 1 aromatic heterocycles. The molecule has 2 rings (SSSR count). The van der Waals surface area contributed by atoms with Gasteiger partial charge in [0.1, 0.15) is 0 Å². The van der Waals surface area contributed by atoms with Gasteiger partial charge in [0.25, 0.3) is 5.91 Å². The summed E-state index contributed by atoms with van der Waals surface area (Å²) in [7, 11) is 0. The van der Waals surface area contributed by atoms with Crippen molar-refractivity contribution in [2.75, 3.05) is 19.6 Å². The van der Waals surface area contributed by atoms with E-state index in [1.165, 1.54) is 0 Å². The molecule has 1 amide bonds. The molecule has 1 aliphatic rings. The van der Waals surface area contributed by atoms with Crippen LogP contribution in [0.1, 0.15) is 36.3 Å². The van der Waals surface area contributed by atoms with Gasteiger partial charge in [0.05, 0.1) is 18.8 Å². The first-order valence-corrected chi connectivity index (χ1v) is 6.76. The Morgan fingerprint density at radius 2 is 2.19 bits per heavy atom. The van der Waals surface area contributed by atoms with E-state index < -0.39 is 24.0 Å². The molecule has 9 nitrogen and oxygen atoms in total. The first-order chi connectivity index (χ1) is 9.90. The molecule has 1 saturated heterocycles. The minimum atomic E-state index is -2.01. The molecule has 4 N–H and O–H groups in total. The molecule has 0 radical (unpaired) electrons. The van der Waals surface area contributed by atoms with Gasteiger partial charge in [-0.1, -0.05) is 5.21 Å². The van der Waals surface area contributed by atoms with Gasteiger partial charge in [-0.05, 0) is 32.9 Å². The maximum absolute atomic E-state index is 11.9. The summed E-state index contributed by atoms with van der Waals surface area (Å²) in [6.07, 6.45) is 3.37. The molecule has 1 unspecified atom stereocenters. The van der Waals surface area contributed by atoms with Crippen LogP contribution >= 0.6 is 0 Å². The van der Waals surface area contributed by atoms with Crippen molar-refractivity contribution in [1.29, 1.82) is 0 Å². The summed E-state index contributed by atoms with van der Waals surface area (Å²) < 4.78 is 1.66. The van der Waals surface area contributed by atoms with Gasteiger partial charge >= 0.3 is 5.97 Å². The maximum atomic E-state index is 11.9. The molecular formula is C12H19N5O4. The van der Waals surface area contributed by atoms with Crippen molar-refractivity contribution < 1.29 is 19.8 Å². The number of carboxylic acid groups (broad SMARTS) is 1. The monoisotopic (exact) mass is 297 g/mol. The highest BCUT2D eigenvalue weighted by molar-refractivity contribution is 5.92. The summed E-state index contributed by atoms with van der Waals surface area (Å²) in [6.45, 7) is 2.50. The molecule has 0 aliphatic carbocycles. The van der Waals surface area contributed by atoms with Gasteiger partial charge in [0.15, 0.2) is 11.3 Å². The quantitative estimate of drug-likeness (QED) is 0.535. The lowest BCUT2D eigenvalue weighted by atomic mass is 10.1. The molecule has 0 spiro atoms. The van der Waals surface area contributed by atoms with E-state index in [4.69, 9.17) is 5.11 Å². The van der Waals surface area contributed by atoms with Gasteiger partial charge in [-0.25, -0.2) is 9.48 Å². The number of carboxylic acids is 1. The van der Waals surface area contributed by atoms with Crippen LogP contribution in [0.15, 0.2) is 6.20 Å². The van der Waals surface area contributed by atoms with Crippen molar-refractivity contribution in [2.45, 2.75) is 31.4 Å². The Morgan fingerprint density at radius 1 is 1.52 bits per heavy atom. The number of amides is 1. The van der Waals surface area contributed by atoms with Crippen LogP contribution < -0.4 is 10.6 Å². The number of piperidine rings is 1. The summed E-state index contributed by atoms with van der Waals surface area (Å²) >= 11 is 0. The fourth-order valence-corrected chi connectivity index (χ4v) is 2.05. The summed E-state index contributed by atoms with van der Waals surface area (Å²) in [5.74, 6) is -1.96. The standard InChI is InChI=1S/C12H19N5O4/c1-12(21,11(19)20)7-14-10(18)9-6-17(16-15-9)8-2-4-13-5-3-8/h6,8,13,21H,2-5,7H2,1H3,(H,14,18)(H,19,20). The van der Waals surface area contributed by atoms with Gasteiger partial charge in [0.2, 0.25) is 0 Å². The van der Waals surface area contributed by atoms with Crippen LogP contribution in [0.25, 0.3) is 0 Å².